The van der Waals surface area contributed by atoms with Crippen LogP contribution in [0.4, 0.5) is 14.5 Å². The molecular formula is C20H18F2N2O3. The molecule has 0 aromatic heterocycles. The number of methoxy groups -OCH3 is 1. The zero-order valence-corrected chi connectivity index (χ0v) is 14.8. The van der Waals surface area contributed by atoms with Gasteiger partial charge in [0.25, 0.3) is 5.91 Å². The van der Waals surface area contributed by atoms with Gasteiger partial charge in [-0.05, 0) is 47.9 Å². The molecule has 2 aromatic rings. The van der Waals surface area contributed by atoms with E-state index in [1.165, 1.54) is 31.4 Å². The molecule has 0 aliphatic heterocycles. The Labute approximate surface area is 155 Å². The second-order valence-corrected chi connectivity index (χ2v) is 5.46. The molecular weight excluding hydrogens is 354 g/mol. The number of anilines is 1. The molecule has 0 radical (unpaired) electrons. The third-order valence-corrected chi connectivity index (χ3v) is 3.70. The number of rotatable bonds is 7. The Hall–Kier alpha value is -3.40. The normalized spacial score (nSPS) is 11.0. The molecule has 27 heavy (non-hydrogen) atoms. The lowest BCUT2D eigenvalue weighted by atomic mass is 10.1. The van der Waals surface area contributed by atoms with E-state index >= 15 is 0 Å². The summed E-state index contributed by atoms with van der Waals surface area (Å²) < 4.78 is 34.4. The fourth-order valence-corrected chi connectivity index (χ4v) is 2.31. The smallest absolute Gasteiger partial charge is 0.387 e. The third-order valence-electron chi connectivity index (χ3n) is 3.70. The van der Waals surface area contributed by atoms with Crippen molar-refractivity contribution in [1.82, 2.24) is 0 Å². The number of hydrogen-bond acceptors (Lipinski definition) is 4. The predicted molar refractivity (Wildman–Crippen MR) is 97.7 cm³/mol. The molecule has 0 saturated carbocycles. The van der Waals surface area contributed by atoms with Crippen molar-refractivity contribution < 1.29 is 23.0 Å². The summed E-state index contributed by atoms with van der Waals surface area (Å²) in [6, 6.07) is 13.3. The first-order chi connectivity index (χ1) is 13.0. The van der Waals surface area contributed by atoms with Crippen molar-refractivity contribution in [2.45, 2.75) is 20.0 Å². The number of alkyl halides is 2. The highest BCUT2D eigenvalue weighted by Gasteiger charge is 2.13. The lowest BCUT2D eigenvalue weighted by Gasteiger charge is -2.10. The van der Waals surface area contributed by atoms with Gasteiger partial charge in [0, 0.05) is 5.69 Å². The number of amides is 1. The SMILES string of the molecule is CCc1ccc(NC(=O)/C(C#N)=C/c2ccc(OC)c(OC(F)F)c2)cc1. The van der Waals surface area contributed by atoms with E-state index in [4.69, 9.17) is 4.74 Å². The number of carbonyl (C=O) groups excluding carboxylic acids is 1. The van der Waals surface area contributed by atoms with Gasteiger partial charge in [-0.2, -0.15) is 14.0 Å². The van der Waals surface area contributed by atoms with Gasteiger partial charge in [0.1, 0.15) is 11.6 Å². The number of carbonyl (C=O) groups is 1. The maximum atomic E-state index is 12.5. The zero-order valence-electron chi connectivity index (χ0n) is 14.8. The number of ether oxygens (including phenoxy) is 2. The van der Waals surface area contributed by atoms with Crippen molar-refractivity contribution in [3.05, 3.63) is 59.2 Å². The number of aryl methyl sites for hydroxylation is 1. The molecule has 0 saturated heterocycles. The summed E-state index contributed by atoms with van der Waals surface area (Å²) >= 11 is 0. The van der Waals surface area contributed by atoms with E-state index in [9.17, 15) is 18.8 Å². The van der Waals surface area contributed by atoms with Gasteiger partial charge in [0.15, 0.2) is 11.5 Å². The van der Waals surface area contributed by atoms with Crippen LogP contribution in [0.1, 0.15) is 18.1 Å². The molecule has 1 N–H and O–H groups in total. The van der Waals surface area contributed by atoms with E-state index in [0.29, 0.717) is 11.3 Å². The second-order valence-electron chi connectivity index (χ2n) is 5.46. The number of benzene rings is 2. The van der Waals surface area contributed by atoms with E-state index in [-0.39, 0.29) is 17.1 Å². The van der Waals surface area contributed by atoms with Crippen molar-refractivity contribution in [2.75, 3.05) is 12.4 Å². The Bertz CT molecular complexity index is 872. The van der Waals surface area contributed by atoms with Crippen LogP contribution in [0, 0.1) is 11.3 Å². The molecule has 2 aromatic carbocycles. The highest BCUT2D eigenvalue weighted by Crippen LogP contribution is 2.30. The van der Waals surface area contributed by atoms with Crippen LogP contribution in [0.15, 0.2) is 48.0 Å². The predicted octanol–water partition coefficient (Wildman–Crippen LogP) is 4.40. The first-order valence-electron chi connectivity index (χ1n) is 8.11. The monoisotopic (exact) mass is 372 g/mol. The van der Waals surface area contributed by atoms with Crippen LogP contribution in [0.2, 0.25) is 0 Å². The molecule has 0 fully saturated rings. The lowest BCUT2D eigenvalue weighted by molar-refractivity contribution is -0.112. The van der Waals surface area contributed by atoms with Gasteiger partial charge in [-0.1, -0.05) is 25.1 Å². The minimum atomic E-state index is -3.03. The summed E-state index contributed by atoms with van der Waals surface area (Å²) in [6.07, 6.45) is 2.16. The van der Waals surface area contributed by atoms with Gasteiger partial charge >= 0.3 is 6.61 Å². The number of nitriles is 1. The maximum absolute atomic E-state index is 12.5. The minimum Gasteiger partial charge on any atom is -0.493 e. The highest BCUT2D eigenvalue weighted by molar-refractivity contribution is 6.09. The molecule has 7 heteroatoms. The van der Waals surface area contributed by atoms with Crippen LogP contribution < -0.4 is 14.8 Å². The standard InChI is InChI=1S/C20H18F2N2O3/c1-3-13-4-7-16(8-5-13)24-19(25)15(12-23)10-14-6-9-17(26-2)18(11-14)27-20(21)22/h4-11,20H,3H2,1-2H3,(H,24,25)/b15-10+. The largest absolute Gasteiger partial charge is 0.493 e. The topological polar surface area (TPSA) is 71.4 Å². The average Bonchev–Trinajstić information content (AvgIpc) is 2.66. The van der Waals surface area contributed by atoms with E-state index < -0.39 is 12.5 Å². The maximum Gasteiger partial charge on any atom is 0.387 e. The summed E-state index contributed by atoms with van der Waals surface area (Å²) in [5.41, 5.74) is 1.84. The van der Waals surface area contributed by atoms with Gasteiger partial charge in [-0.25, -0.2) is 0 Å². The number of nitrogens with one attached hydrogen (secondary N) is 1. The summed E-state index contributed by atoms with van der Waals surface area (Å²) in [7, 11) is 1.32. The summed E-state index contributed by atoms with van der Waals surface area (Å²) in [5.74, 6) is -0.672. The summed E-state index contributed by atoms with van der Waals surface area (Å²) in [5, 5.41) is 11.9. The van der Waals surface area contributed by atoms with E-state index in [1.807, 2.05) is 25.1 Å². The van der Waals surface area contributed by atoms with Gasteiger partial charge in [0.05, 0.1) is 7.11 Å². The number of nitrogens with zero attached hydrogens (tertiary/aromatic N) is 1. The molecule has 0 heterocycles. The molecule has 2 rings (SSSR count). The fourth-order valence-electron chi connectivity index (χ4n) is 2.31. The van der Waals surface area contributed by atoms with Crippen LogP contribution in [0.25, 0.3) is 6.08 Å². The molecule has 5 nitrogen and oxygen atoms in total. The first kappa shape index (κ1) is 19.9. The molecule has 1 amide bonds. The zero-order chi connectivity index (χ0) is 19.8. The first-order valence-corrected chi connectivity index (χ1v) is 8.11. The van der Waals surface area contributed by atoms with Crippen molar-refractivity contribution in [2.24, 2.45) is 0 Å². The van der Waals surface area contributed by atoms with E-state index in [0.717, 1.165) is 12.0 Å². The van der Waals surface area contributed by atoms with E-state index in [2.05, 4.69) is 10.1 Å². The second kappa shape index (κ2) is 9.34. The van der Waals surface area contributed by atoms with Crippen LogP contribution >= 0.6 is 0 Å². The molecule has 0 unspecified atom stereocenters. The number of hydrogen-bond donors (Lipinski definition) is 1. The average molecular weight is 372 g/mol. The lowest BCUT2D eigenvalue weighted by Crippen LogP contribution is -2.13. The van der Waals surface area contributed by atoms with Gasteiger partial charge in [-0.15, -0.1) is 0 Å². The third kappa shape index (κ3) is 5.54. The van der Waals surface area contributed by atoms with Crippen molar-refractivity contribution in [3.8, 4) is 17.6 Å². The molecule has 0 spiro atoms. The fraction of sp³-hybridized carbons (Fsp3) is 0.200. The van der Waals surface area contributed by atoms with Gasteiger partial charge in [0.2, 0.25) is 0 Å². The van der Waals surface area contributed by atoms with Crippen LogP contribution in [-0.2, 0) is 11.2 Å². The summed E-state index contributed by atoms with van der Waals surface area (Å²) in [4.78, 5) is 12.3. The molecule has 0 aliphatic carbocycles. The Morgan fingerprint density at radius 2 is 1.93 bits per heavy atom. The van der Waals surface area contributed by atoms with E-state index in [1.54, 1.807) is 12.1 Å². The van der Waals surface area contributed by atoms with Gasteiger partial charge in [-0.3, -0.25) is 4.79 Å². The molecule has 0 aliphatic rings. The molecule has 0 bridgehead atoms. The Kier molecular flexibility index (Phi) is 6.89. The van der Waals surface area contributed by atoms with Crippen molar-refractivity contribution in [1.29, 1.82) is 5.26 Å². The van der Waals surface area contributed by atoms with Crippen molar-refractivity contribution in [3.63, 3.8) is 0 Å². The Balaban J connectivity index is 2.23. The number of halogens is 2. The quantitative estimate of drug-likeness (QED) is 0.577. The molecule has 0 atom stereocenters. The molecule has 140 valence electrons. The van der Waals surface area contributed by atoms with Crippen LogP contribution in [-0.4, -0.2) is 19.6 Å². The Morgan fingerprint density at radius 3 is 2.48 bits per heavy atom. The highest BCUT2D eigenvalue weighted by atomic mass is 19.3. The van der Waals surface area contributed by atoms with Crippen molar-refractivity contribution >= 4 is 17.7 Å². The van der Waals surface area contributed by atoms with Crippen LogP contribution in [0.3, 0.4) is 0 Å². The minimum absolute atomic E-state index is 0.117. The Morgan fingerprint density at radius 1 is 1.22 bits per heavy atom. The summed E-state index contributed by atoms with van der Waals surface area (Å²) in [6.45, 7) is -1.01. The van der Waals surface area contributed by atoms with Crippen LogP contribution in [0.5, 0.6) is 11.5 Å². The van der Waals surface area contributed by atoms with Gasteiger partial charge < -0.3 is 14.8 Å².